The van der Waals surface area contributed by atoms with Crippen LogP contribution in [0.3, 0.4) is 0 Å². The molecular weight excluding hydrogens is 242 g/mol. The first kappa shape index (κ1) is 13.1. The molecule has 6 nitrogen and oxygen atoms in total. The minimum absolute atomic E-state index is 0.117. The molecule has 19 heavy (non-hydrogen) atoms. The number of nitrogens with zero attached hydrogens (tertiary/aromatic N) is 3. The second-order valence-corrected chi connectivity index (χ2v) is 4.04. The summed E-state index contributed by atoms with van der Waals surface area (Å²) < 4.78 is 1.89. The third-order valence-electron chi connectivity index (χ3n) is 2.88. The summed E-state index contributed by atoms with van der Waals surface area (Å²) in [4.78, 5) is 12.0. The number of aromatic nitrogens is 3. The second kappa shape index (κ2) is 5.99. The molecule has 0 atom stereocenters. The van der Waals surface area contributed by atoms with Crippen molar-refractivity contribution in [1.29, 1.82) is 0 Å². The first-order chi connectivity index (χ1) is 9.24. The van der Waals surface area contributed by atoms with Crippen molar-refractivity contribution in [2.75, 3.05) is 12.4 Å². The van der Waals surface area contributed by atoms with Gasteiger partial charge in [-0.05, 0) is 31.2 Å². The van der Waals surface area contributed by atoms with Crippen molar-refractivity contribution in [3.05, 3.63) is 42.0 Å². The first-order valence-electron chi connectivity index (χ1n) is 6.17. The van der Waals surface area contributed by atoms with Crippen molar-refractivity contribution in [2.45, 2.75) is 20.0 Å². The lowest BCUT2D eigenvalue weighted by Crippen LogP contribution is -2.24. The molecule has 0 aliphatic rings. The van der Waals surface area contributed by atoms with Crippen molar-refractivity contribution in [3.8, 4) is 0 Å². The van der Waals surface area contributed by atoms with Gasteiger partial charge in [-0.15, -0.1) is 10.2 Å². The van der Waals surface area contributed by atoms with Gasteiger partial charge >= 0.3 is 0 Å². The van der Waals surface area contributed by atoms with E-state index in [1.54, 1.807) is 18.5 Å². The summed E-state index contributed by atoms with van der Waals surface area (Å²) in [6.07, 6.45) is 1.66. The number of hydrogen-bond donors (Lipinski definition) is 2. The quantitative estimate of drug-likeness (QED) is 0.848. The van der Waals surface area contributed by atoms with Gasteiger partial charge < -0.3 is 15.2 Å². The lowest BCUT2D eigenvalue weighted by atomic mass is 10.2. The van der Waals surface area contributed by atoms with E-state index in [-0.39, 0.29) is 5.91 Å². The fourth-order valence-corrected chi connectivity index (χ4v) is 1.73. The van der Waals surface area contributed by atoms with E-state index in [2.05, 4.69) is 20.8 Å². The Morgan fingerprint density at radius 1 is 1.32 bits per heavy atom. The fourth-order valence-electron chi connectivity index (χ4n) is 1.73. The monoisotopic (exact) mass is 259 g/mol. The predicted octanol–water partition coefficient (Wildman–Crippen LogP) is 1.27. The smallest absolute Gasteiger partial charge is 0.251 e. The molecule has 0 saturated carbocycles. The van der Waals surface area contributed by atoms with Crippen LogP contribution in [0.4, 0.5) is 5.69 Å². The largest absolute Gasteiger partial charge is 0.388 e. The van der Waals surface area contributed by atoms with E-state index in [1.165, 1.54) is 0 Å². The van der Waals surface area contributed by atoms with Gasteiger partial charge in [-0.25, -0.2) is 0 Å². The van der Waals surface area contributed by atoms with E-state index in [1.807, 2.05) is 30.7 Å². The van der Waals surface area contributed by atoms with Gasteiger partial charge in [0, 0.05) is 24.8 Å². The Bertz CT molecular complexity index is 546. The Morgan fingerprint density at radius 2 is 2.05 bits per heavy atom. The molecule has 0 spiro atoms. The second-order valence-electron chi connectivity index (χ2n) is 4.04. The third-order valence-corrected chi connectivity index (χ3v) is 2.88. The van der Waals surface area contributed by atoms with Crippen molar-refractivity contribution in [1.82, 2.24) is 20.1 Å². The number of hydrogen-bond acceptors (Lipinski definition) is 4. The molecule has 100 valence electrons. The van der Waals surface area contributed by atoms with E-state index < -0.39 is 0 Å². The molecule has 0 unspecified atom stereocenters. The maximum absolute atomic E-state index is 12.0. The predicted molar refractivity (Wildman–Crippen MR) is 72.9 cm³/mol. The highest BCUT2D eigenvalue weighted by Crippen LogP contribution is 2.08. The summed E-state index contributed by atoms with van der Waals surface area (Å²) in [5, 5.41) is 13.6. The van der Waals surface area contributed by atoms with Gasteiger partial charge in [0.1, 0.15) is 6.33 Å². The van der Waals surface area contributed by atoms with Gasteiger partial charge in [-0.3, -0.25) is 4.79 Å². The SMILES string of the molecule is CCn1cnnc1CNC(=O)c1ccc(NC)cc1. The molecule has 0 radical (unpaired) electrons. The molecule has 0 bridgehead atoms. The summed E-state index contributed by atoms with van der Waals surface area (Å²) in [6.45, 7) is 3.17. The highest BCUT2D eigenvalue weighted by atomic mass is 16.1. The number of carbonyl (C=O) groups excluding carboxylic acids is 1. The Kier molecular flexibility index (Phi) is 4.12. The first-order valence-corrected chi connectivity index (χ1v) is 6.17. The number of rotatable bonds is 5. The van der Waals surface area contributed by atoms with E-state index in [9.17, 15) is 4.79 Å². The zero-order valence-corrected chi connectivity index (χ0v) is 11.1. The lowest BCUT2D eigenvalue weighted by Gasteiger charge is -2.06. The minimum atomic E-state index is -0.117. The van der Waals surface area contributed by atoms with Crippen LogP contribution in [-0.4, -0.2) is 27.7 Å². The van der Waals surface area contributed by atoms with Gasteiger partial charge in [-0.1, -0.05) is 0 Å². The van der Waals surface area contributed by atoms with Gasteiger partial charge in [-0.2, -0.15) is 0 Å². The van der Waals surface area contributed by atoms with E-state index in [0.29, 0.717) is 12.1 Å². The number of amides is 1. The Morgan fingerprint density at radius 3 is 2.68 bits per heavy atom. The molecule has 1 heterocycles. The number of carbonyl (C=O) groups is 1. The van der Waals surface area contributed by atoms with Crippen molar-refractivity contribution in [2.24, 2.45) is 0 Å². The molecule has 1 aromatic heterocycles. The molecule has 0 fully saturated rings. The van der Waals surface area contributed by atoms with Gasteiger partial charge in [0.05, 0.1) is 6.54 Å². The van der Waals surface area contributed by atoms with Crippen LogP contribution in [0.5, 0.6) is 0 Å². The number of aryl methyl sites for hydroxylation is 1. The molecule has 6 heteroatoms. The summed E-state index contributed by atoms with van der Waals surface area (Å²) in [6, 6.07) is 7.30. The normalized spacial score (nSPS) is 10.2. The Balaban J connectivity index is 1.97. The molecule has 2 aromatic rings. The Hall–Kier alpha value is -2.37. The zero-order valence-electron chi connectivity index (χ0n) is 11.1. The van der Waals surface area contributed by atoms with Crippen LogP contribution in [0, 0.1) is 0 Å². The standard InChI is InChI=1S/C13H17N5O/c1-3-18-9-16-17-12(18)8-15-13(19)10-4-6-11(14-2)7-5-10/h4-7,9,14H,3,8H2,1-2H3,(H,15,19). The van der Waals surface area contributed by atoms with Crippen LogP contribution in [0.1, 0.15) is 23.1 Å². The molecule has 2 N–H and O–H groups in total. The van der Waals surface area contributed by atoms with Crippen LogP contribution in [0.25, 0.3) is 0 Å². The molecule has 0 aliphatic heterocycles. The van der Waals surface area contributed by atoms with Gasteiger partial charge in [0.15, 0.2) is 5.82 Å². The molecule has 1 aromatic carbocycles. The highest BCUT2D eigenvalue weighted by Gasteiger charge is 2.07. The molecule has 2 rings (SSSR count). The van der Waals surface area contributed by atoms with E-state index >= 15 is 0 Å². The van der Waals surface area contributed by atoms with Crippen LogP contribution in [0.2, 0.25) is 0 Å². The van der Waals surface area contributed by atoms with E-state index in [0.717, 1.165) is 18.1 Å². The maximum Gasteiger partial charge on any atom is 0.251 e. The van der Waals surface area contributed by atoms with Gasteiger partial charge in [0.25, 0.3) is 5.91 Å². The van der Waals surface area contributed by atoms with E-state index in [4.69, 9.17) is 0 Å². The highest BCUT2D eigenvalue weighted by molar-refractivity contribution is 5.94. The average molecular weight is 259 g/mol. The van der Waals surface area contributed by atoms with Gasteiger partial charge in [0.2, 0.25) is 0 Å². The lowest BCUT2D eigenvalue weighted by molar-refractivity contribution is 0.0949. The third kappa shape index (κ3) is 3.09. The zero-order chi connectivity index (χ0) is 13.7. The number of benzene rings is 1. The fraction of sp³-hybridized carbons (Fsp3) is 0.308. The summed E-state index contributed by atoms with van der Waals surface area (Å²) >= 11 is 0. The summed E-state index contributed by atoms with van der Waals surface area (Å²) in [5.41, 5.74) is 1.60. The maximum atomic E-state index is 12.0. The molecular formula is C13H17N5O. The van der Waals surface area contributed by atoms with Crippen molar-refractivity contribution < 1.29 is 4.79 Å². The van der Waals surface area contributed by atoms with Crippen LogP contribution >= 0.6 is 0 Å². The summed E-state index contributed by atoms with van der Waals surface area (Å²) in [7, 11) is 1.84. The molecule has 0 aliphatic carbocycles. The Labute approximate surface area is 111 Å². The number of nitrogens with one attached hydrogen (secondary N) is 2. The summed E-state index contributed by atoms with van der Waals surface area (Å²) in [5.74, 6) is 0.635. The number of anilines is 1. The van der Waals surface area contributed by atoms with Crippen molar-refractivity contribution in [3.63, 3.8) is 0 Å². The van der Waals surface area contributed by atoms with Crippen LogP contribution in [0.15, 0.2) is 30.6 Å². The molecule has 1 amide bonds. The van der Waals surface area contributed by atoms with Crippen LogP contribution < -0.4 is 10.6 Å². The minimum Gasteiger partial charge on any atom is -0.388 e. The molecule has 0 saturated heterocycles. The van der Waals surface area contributed by atoms with Crippen LogP contribution in [-0.2, 0) is 13.1 Å². The van der Waals surface area contributed by atoms with Crippen molar-refractivity contribution >= 4 is 11.6 Å². The topological polar surface area (TPSA) is 71.8 Å². The average Bonchev–Trinajstić information content (AvgIpc) is 2.92.